The fourth-order valence-corrected chi connectivity index (χ4v) is 4.57. The van der Waals surface area contributed by atoms with Gasteiger partial charge in [0, 0.05) is 5.92 Å². The van der Waals surface area contributed by atoms with E-state index in [0.29, 0.717) is 11.5 Å². The zero-order chi connectivity index (χ0) is 23.6. The van der Waals surface area contributed by atoms with Gasteiger partial charge in [-0.2, -0.15) is 0 Å². The Kier molecular flexibility index (Phi) is 7.89. The number of aromatic hydroxyl groups is 2. The van der Waals surface area contributed by atoms with Crippen molar-refractivity contribution in [3.8, 4) is 11.5 Å². The van der Waals surface area contributed by atoms with Crippen LogP contribution in [0.1, 0.15) is 120 Å². The van der Waals surface area contributed by atoms with Gasteiger partial charge < -0.3 is 10.2 Å². The highest BCUT2D eigenvalue weighted by Crippen LogP contribution is 2.44. The molecule has 2 aromatic rings. The molecule has 2 heteroatoms. The van der Waals surface area contributed by atoms with Crippen LogP contribution in [-0.4, -0.2) is 10.2 Å². The Morgan fingerprint density at radius 3 is 1.45 bits per heavy atom. The second-order valence-electron chi connectivity index (χ2n) is 11.4. The van der Waals surface area contributed by atoms with E-state index in [-0.39, 0.29) is 16.7 Å². The summed E-state index contributed by atoms with van der Waals surface area (Å²) in [4.78, 5) is 0. The third kappa shape index (κ3) is 6.05. The Labute approximate surface area is 190 Å². The Balaban J connectivity index is 2.78. The Hall–Kier alpha value is -1.96. The van der Waals surface area contributed by atoms with Crippen molar-refractivity contribution in [1.82, 2.24) is 0 Å². The maximum absolute atomic E-state index is 10.5. The molecule has 0 spiro atoms. The first-order valence-electron chi connectivity index (χ1n) is 11.9. The molecule has 0 aliphatic rings. The van der Waals surface area contributed by atoms with Crippen molar-refractivity contribution in [3.63, 3.8) is 0 Å². The fourth-order valence-electron chi connectivity index (χ4n) is 4.57. The zero-order valence-corrected chi connectivity index (χ0v) is 21.3. The monoisotopic (exact) mass is 424 g/mol. The first kappa shape index (κ1) is 25.3. The molecule has 2 N–H and O–H groups in total. The van der Waals surface area contributed by atoms with E-state index in [9.17, 15) is 10.2 Å². The van der Waals surface area contributed by atoms with Crippen LogP contribution in [0.5, 0.6) is 11.5 Å². The van der Waals surface area contributed by atoms with Crippen LogP contribution in [-0.2, 0) is 10.8 Å². The zero-order valence-electron chi connectivity index (χ0n) is 21.3. The van der Waals surface area contributed by atoms with Crippen LogP contribution in [0.4, 0.5) is 0 Å². The first-order chi connectivity index (χ1) is 14.3. The summed E-state index contributed by atoms with van der Waals surface area (Å²) in [6, 6.07) is 8.37. The summed E-state index contributed by atoms with van der Waals surface area (Å²) < 4.78 is 0. The maximum atomic E-state index is 10.5. The average Bonchev–Trinajstić information content (AvgIpc) is 2.64. The number of hydrogen-bond donors (Lipinski definition) is 2. The van der Waals surface area contributed by atoms with Crippen molar-refractivity contribution in [2.75, 3.05) is 0 Å². The number of unbranched alkanes of at least 4 members (excludes halogenated alkanes) is 3. The van der Waals surface area contributed by atoms with Gasteiger partial charge in [-0.3, -0.25) is 0 Å². The summed E-state index contributed by atoms with van der Waals surface area (Å²) in [5, 5.41) is 21.0. The smallest absolute Gasteiger partial charge is 0.118 e. The lowest BCUT2D eigenvalue weighted by Crippen LogP contribution is -2.21. The number of benzene rings is 2. The predicted octanol–water partition coefficient (Wildman–Crippen LogP) is 8.41. The molecule has 2 rings (SSSR count). The van der Waals surface area contributed by atoms with E-state index >= 15 is 0 Å². The highest BCUT2D eigenvalue weighted by molar-refractivity contribution is 5.53. The molecule has 0 fully saturated rings. The maximum Gasteiger partial charge on any atom is 0.118 e. The molecule has 0 saturated carbocycles. The molecule has 31 heavy (non-hydrogen) atoms. The molecule has 0 aliphatic heterocycles. The van der Waals surface area contributed by atoms with E-state index in [2.05, 4.69) is 60.6 Å². The molecule has 0 aromatic heterocycles. The summed E-state index contributed by atoms with van der Waals surface area (Å²) >= 11 is 0. The van der Waals surface area contributed by atoms with Gasteiger partial charge in [0.25, 0.3) is 0 Å². The molecule has 0 atom stereocenters. The van der Waals surface area contributed by atoms with Crippen molar-refractivity contribution in [1.29, 1.82) is 0 Å². The minimum absolute atomic E-state index is 0.0734. The third-order valence-corrected chi connectivity index (χ3v) is 6.45. The topological polar surface area (TPSA) is 40.5 Å². The molecular weight excluding hydrogens is 380 g/mol. The SMILES string of the molecule is CCCCCCC(c1cc(C)c(O)cc1C(C)(C)C)c1cc(C)c(O)cc1C(C)(C)C. The Bertz CT molecular complexity index is 825. The number of hydrogen-bond acceptors (Lipinski definition) is 2. The highest BCUT2D eigenvalue weighted by atomic mass is 16.3. The molecule has 0 unspecified atom stereocenters. The van der Waals surface area contributed by atoms with Crippen LogP contribution in [0.3, 0.4) is 0 Å². The Morgan fingerprint density at radius 2 is 1.10 bits per heavy atom. The second kappa shape index (κ2) is 9.67. The molecule has 0 bridgehead atoms. The molecule has 0 radical (unpaired) electrons. The fraction of sp³-hybridized carbons (Fsp3) is 0.586. The summed E-state index contributed by atoms with van der Waals surface area (Å²) in [5.74, 6) is 0.978. The van der Waals surface area contributed by atoms with Crippen LogP contribution in [0.15, 0.2) is 24.3 Å². The van der Waals surface area contributed by atoms with Crippen molar-refractivity contribution >= 4 is 0 Å². The molecule has 2 nitrogen and oxygen atoms in total. The number of phenolic OH excluding ortho intramolecular Hbond substituents is 2. The van der Waals surface area contributed by atoms with Crippen molar-refractivity contribution in [2.45, 2.75) is 111 Å². The largest absolute Gasteiger partial charge is 0.508 e. The van der Waals surface area contributed by atoms with Gasteiger partial charge in [0.15, 0.2) is 0 Å². The van der Waals surface area contributed by atoms with E-state index < -0.39 is 0 Å². The molecular formula is C29H44O2. The second-order valence-corrected chi connectivity index (χ2v) is 11.4. The van der Waals surface area contributed by atoms with Gasteiger partial charge >= 0.3 is 0 Å². The normalized spacial score (nSPS) is 12.6. The van der Waals surface area contributed by atoms with E-state index in [1.54, 1.807) is 0 Å². The first-order valence-corrected chi connectivity index (χ1v) is 11.9. The average molecular weight is 425 g/mol. The van der Waals surface area contributed by atoms with E-state index in [1.165, 1.54) is 47.9 Å². The summed E-state index contributed by atoms with van der Waals surface area (Å²) in [7, 11) is 0. The number of aryl methyl sites for hydroxylation is 2. The van der Waals surface area contributed by atoms with E-state index in [0.717, 1.165) is 17.5 Å². The van der Waals surface area contributed by atoms with Crippen LogP contribution in [0.25, 0.3) is 0 Å². The minimum Gasteiger partial charge on any atom is -0.508 e. The number of rotatable bonds is 7. The molecule has 172 valence electrons. The van der Waals surface area contributed by atoms with Gasteiger partial charge in [-0.1, -0.05) is 86.3 Å². The molecule has 0 aliphatic carbocycles. The van der Waals surface area contributed by atoms with Crippen molar-refractivity contribution < 1.29 is 10.2 Å². The van der Waals surface area contributed by atoms with Gasteiger partial charge in [-0.15, -0.1) is 0 Å². The predicted molar refractivity (Wildman–Crippen MR) is 134 cm³/mol. The summed E-state index contributed by atoms with van der Waals surface area (Å²) in [6.07, 6.45) is 5.96. The third-order valence-electron chi connectivity index (χ3n) is 6.45. The molecule has 2 aromatic carbocycles. The summed E-state index contributed by atoms with van der Waals surface area (Å²) in [6.45, 7) is 19.6. The quantitative estimate of drug-likeness (QED) is 0.438. The van der Waals surface area contributed by atoms with Gasteiger partial charge in [-0.25, -0.2) is 0 Å². The number of phenols is 2. The lowest BCUT2D eigenvalue weighted by atomic mass is 9.72. The lowest BCUT2D eigenvalue weighted by molar-refractivity contribution is 0.462. The standard InChI is InChI=1S/C29H44O2/c1-10-11-12-13-14-21(22-15-19(2)26(30)17-24(22)28(4,5)6)23-16-20(3)27(31)18-25(23)29(7,8)9/h15-18,21,30-31H,10-14H2,1-9H3. The lowest BCUT2D eigenvalue weighted by Gasteiger charge is -2.33. The molecule has 0 heterocycles. The van der Waals surface area contributed by atoms with E-state index in [4.69, 9.17) is 0 Å². The minimum atomic E-state index is -0.0734. The van der Waals surface area contributed by atoms with Crippen molar-refractivity contribution in [2.24, 2.45) is 0 Å². The van der Waals surface area contributed by atoms with Crippen LogP contribution < -0.4 is 0 Å². The Morgan fingerprint density at radius 1 is 0.677 bits per heavy atom. The molecule has 0 saturated heterocycles. The van der Waals surface area contributed by atoms with Gasteiger partial charge in [0.05, 0.1) is 0 Å². The highest BCUT2D eigenvalue weighted by Gasteiger charge is 2.30. The van der Waals surface area contributed by atoms with Crippen LogP contribution in [0.2, 0.25) is 0 Å². The van der Waals surface area contributed by atoms with Gasteiger partial charge in [-0.05, 0) is 76.6 Å². The summed E-state index contributed by atoms with van der Waals surface area (Å²) in [5.41, 5.74) is 6.75. The van der Waals surface area contributed by atoms with Gasteiger partial charge in [0.1, 0.15) is 11.5 Å². The van der Waals surface area contributed by atoms with Gasteiger partial charge in [0.2, 0.25) is 0 Å². The van der Waals surface area contributed by atoms with Crippen molar-refractivity contribution in [3.05, 3.63) is 57.6 Å². The molecule has 0 amide bonds. The van der Waals surface area contributed by atoms with Crippen LogP contribution in [0, 0.1) is 13.8 Å². The van der Waals surface area contributed by atoms with Crippen LogP contribution >= 0.6 is 0 Å². The van der Waals surface area contributed by atoms with E-state index in [1.807, 2.05) is 26.0 Å².